The number of nitrogens with two attached hydrogens (primary N) is 1. The number of rotatable bonds is 6. The molecule has 1 amide bonds. The van der Waals surface area contributed by atoms with E-state index in [0.717, 1.165) is 12.8 Å². The van der Waals surface area contributed by atoms with E-state index in [9.17, 15) is 4.79 Å². The Bertz CT molecular complexity index is 431. The molecule has 0 radical (unpaired) electrons. The van der Waals surface area contributed by atoms with Gasteiger partial charge in [0.05, 0.1) is 29.7 Å². The minimum absolute atomic E-state index is 0.0446. The summed E-state index contributed by atoms with van der Waals surface area (Å²) in [5.41, 5.74) is 7.35. The number of hydrogen-bond donors (Lipinski definition) is 2. The molecule has 0 atom stereocenters. The Morgan fingerprint density at radius 2 is 2.11 bits per heavy atom. The van der Waals surface area contributed by atoms with Crippen LogP contribution in [0, 0.1) is 6.92 Å². The summed E-state index contributed by atoms with van der Waals surface area (Å²) in [6, 6.07) is 1.78. The van der Waals surface area contributed by atoms with Crippen LogP contribution in [0.4, 0.5) is 5.69 Å². The van der Waals surface area contributed by atoms with Gasteiger partial charge in [-0.25, -0.2) is 0 Å². The van der Waals surface area contributed by atoms with Gasteiger partial charge in [0.2, 0.25) is 0 Å². The number of nitrogen functional groups attached to an aromatic ring is 1. The number of aromatic nitrogens is 1. The molecule has 0 aromatic carbocycles. The van der Waals surface area contributed by atoms with Crippen molar-refractivity contribution in [3.8, 4) is 0 Å². The smallest absolute Gasteiger partial charge is 0.256 e. The number of aryl methyl sites for hydroxylation is 1. The van der Waals surface area contributed by atoms with Crippen LogP contribution in [0.5, 0.6) is 0 Å². The third-order valence-electron chi connectivity index (χ3n) is 3.32. The lowest BCUT2D eigenvalue weighted by Crippen LogP contribution is -2.42. The molecule has 0 aliphatic rings. The Hall–Kier alpha value is -1.62. The van der Waals surface area contributed by atoms with Gasteiger partial charge in [-0.3, -0.25) is 9.78 Å². The average molecular weight is 265 g/mol. The van der Waals surface area contributed by atoms with Crippen molar-refractivity contribution in [2.24, 2.45) is 0 Å². The van der Waals surface area contributed by atoms with Crippen LogP contribution >= 0.6 is 0 Å². The molecule has 0 bridgehead atoms. The van der Waals surface area contributed by atoms with Crippen molar-refractivity contribution in [1.82, 2.24) is 9.88 Å². The van der Waals surface area contributed by atoms with E-state index in [4.69, 9.17) is 10.8 Å². The van der Waals surface area contributed by atoms with E-state index in [2.05, 4.69) is 4.98 Å². The summed E-state index contributed by atoms with van der Waals surface area (Å²) in [4.78, 5) is 18.4. The summed E-state index contributed by atoms with van der Waals surface area (Å²) in [7, 11) is 0. The van der Waals surface area contributed by atoms with Crippen molar-refractivity contribution >= 4 is 11.6 Å². The van der Waals surface area contributed by atoms with Gasteiger partial charge in [-0.2, -0.15) is 0 Å². The molecule has 0 aliphatic heterocycles. The lowest BCUT2D eigenvalue weighted by molar-refractivity contribution is 0.0621. The fraction of sp³-hybridized carbons (Fsp3) is 0.571. The van der Waals surface area contributed by atoms with Gasteiger partial charge in [0.1, 0.15) is 0 Å². The topological polar surface area (TPSA) is 79.5 Å². The molecule has 0 aliphatic carbocycles. The Labute approximate surface area is 114 Å². The Kier molecular flexibility index (Phi) is 5.76. The first-order valence-electron chi connectivity index (χ1n) is 6.69. The zero-order valence-electron chi connectivity index (χ0n) is 11.9. The molecule has 0 fully saturated rings. The molecule has 0 saturated heterocycles. The van der Waals surface area contributed by atoms with Gasteiger partial charge >= 0.3 is 0 Å². The molecule has 3 N–H and O–H groups in total. The van der Waals surface area contributed by atoms with E-state index < -0.39 is 0 Å². The van der Waals surface area contributed by atoms with Crippen molar-refractivity contribution in [1.29, 1.82) is 0 Å². The number of carbonyl (C=O) groups is 1. The molecule has 1 rings (SSSR count). The molecule has 1 heterocycles. The SMILES string of the molecule is CCC(CC)N(CCO)C(=O)c1cc(N)cnc1C. The van der Waals surface area contributed by atoms with Crippen LogP contribution in [-0.2, 0) is 0 Å². The van der Waals surface area contributed by atoms with E-state index in [0.29, 0.717) is 23.5 Å². The number of aliphatic hydroxyl groups excluding tert-OH is 1. The van der Waals surface area contributed by atoms with Crippen molar-refractivity contribution in [3.63, 3.8) is 0 Å². The van der Waals surface area contributed by atoms with Crippen LogP contribution in [0.1, 0.15) is 42.7 Å². The highest BCUT2D eigenvalue weighted by molar-refractivity contribution is 5.96. The third-order valence-corrected chi connectivity index (χ3v) is 3.32. The minimum Gasteiger partial charge on any atom is -0.397 e. The van der Waals surface area contributed by atoms with E-state index in [-0.39, 0.29) is 18.6 Å². The van der Waals surface area contributed by atoms with Crippen LogP contribution in [0.15, 0.2) is 12.3 Å². The molecular formula is C14H23N3O2. The standard InChI is InChI=1S/C14H23N3O2/c1-4-12(5-2)17(6-7-18)14(19)13-8-11(15)9-16-10(13)3/h8-9,12,18H,4-7,15H2,1-3H3. The third kappa shape index (κ3) is 3.67. The number of anilines is 1. The molecule has 106 valence electrons. The van der Waals surface area contributed by atoms with Gasteiger partial charge in [0.25, 0.3) is 5.91 Å². The number of nitrogens with zero attached hydrogens (tertiary/aromatic N) is 2. The van der Waals surface area contributed by atoms with Crippen LogP contribution in [0.3, 0.4) is 0 Å². The number of hydrogen-bond acceptors (Lipinski definition) is 4. The maximum absolute atomic E-state index is 12.6. The summed E-state index contributed by atoms with van der Waals surface area (Å²) in [5.74, 6) is -0.111. The summed E-state index contributed by atoms with van der Waals surface area (Å²) >= 11 is 0. The first-order chi connectivity index (χ1) is 9.04. The highest BCUT2D eigenvalue weighted by Crippen LogP contribution is 2.17. The predicted molar refractivity (Wildman–Crippen MR) is 75.9 cm³/mol. The van der Waals surface area contributed by atoms with Crippen molar-refractivity contribution in [3.05, 3.63) is 23.5 Å². The van der Waals surface area contributed by atoms with Crippen molar-refractivity contribution in [2.45, 2.75) is 39.7 Å². The highest BCUT2D eigenvalue weighted by atomic mass is 16.3. The van der Waals surface area contributed by atoms with Crippen molar-refractivity contribution in [2.75, 3.05) is 18.9 Å². The maximum atomic E-state index is 12.6. The van der Waals surface area contributed by atoms with Gasteiger partial charge in [-0.15, -0.1) is 0 Å². The Morgan fingerprint density at radius 3 is 2.63 bits per heavy atom. The molecule has 5 heteroatoms. The number of carbonyl (C=O) groups excluding carboxylic acids is 1. The highest BCUT2D eigenvalue weighted by Gasteiger charge is 2.23. The minimum atomic E-state index is -0.111. The zero-order valence-corrected chi connectivity index (χ0v) is 11.9. The predicted octanol–water partition coefficient (Wildman–Crippen LogP) is 1.60. The first kappa shape index (κ1) is 15.4. The molecule has 19 heavy (non-hydrogen) atoms. The zero-order chi connectivity index (χ0) is 14.4. The fourth-order valence-corrected chi connectivity index (χ4v) is 2.21. The monoisotopic (exact) mass is 265 g/mol. The molecular weight excluding hydrogens is 242 g/mol. The first-order valence-corrected chi connectivity index (χ1v) is 6.69. The second-order valence-corrected chi connectivity index (χ2v) is 4.59. The van der Waals surface area contributed by atoms with E-state index in [1.807, 2.05) is 13.8 Å². The van der Waals surface area contributed by atoms with Gasteiger partial charge in [0.15, 0.2) is 0 Å². The summed E-state index contributed by atoms with van der Waals surface area (Å²) < 4.78 is 0. The second kappa shape index (κ2) is 7.09. The van der Waals surface area contributed by atoms with Gasteiger partial charge < -0.3 is 15.7 Å². The van der Waals surface area contributed by atoms with Gasteiger partial charge in [0, 0.05) is 12.6 Å². The number of pyridine rings is 1. The van der Waals surface area contributed by atoms with Crippen LogP contribution in [-0.4, -0.2) is 40.1 Å². The Balaban J connectivity index is 3.08. The fourth-order valence-electron chi connectivity index (χ4n) is 2.21. The molecule has 1 aromatic rings. The summed E-state index contributed by atoms with van der Waals surface area (Å²) in [6.45, 7) is 6.15. The van der Waals surface area contributed by atoms with Crippen molar-refractivity contribution < 1.29 is 9.90 Å². The number of aliphatic hydroxyl groups is 1. The summed E-state index contributed by atoms with van der Waals surface area (Å²) in [6.07, 6.45) is 3.26. The maximum Gasteiger partial charge on any atom is 0.256 e. The molecule has 1 aromatic heterocycles. The quantitative estimate of drug-likeness (QED) is 0.818. The Morgan fingerprint density at radius 1 is 1.47 bits per heavy atom. The largest absolute Gasteiger partial charge is 0.397 e. The van der Waals surface area contributed by atoms with Gasteiger partial charge in [-0.1, -0.05) is 13.8 Å². The van der Waals surface area contributed by atoms with E-state index in [1.54, 1.807) is 24.1 Å². The lowest BCUT2D eigenvalue weighted by Gasteiger charge is -2.30. The van der Waals surface area contributed by atoms with Gasteiger partial charge in [-0.05, 0) is 25.8 Å². The molecule has 0 saturated carbocycles. The average Bonchev–Trinajstić information content (AvgIpc) is 2.41. The van der Waals surface area contributed by atoms with E-state index >= 15 is 0 Å². The molecule has 0 unspecified atom stereocenters. The normalized spacial score (nSPS) is 10.8. The second-order valence-electron chi connectivity index (χ2n) is 4.59. The lowest BCUT2D eigenvalue weighted by atomic mass is 10.1. The van der Waals surface area contributed by atoms with Crippen LogP contribution in [0.2, 0.25) is 0 Å². The molecule has 0 spiro atoms. The van der Waals surface area contributed by atoms with E-state index in [1.165, 1.54) is 0 Å². The molecule has 5 nitrogen and oxygen atoms in total. The van der Waals surface area contributed by atoms with Crippen LogP contribution in [0.25, 0.3) is 0 Å². The van der Waals surface area contributed by atoms with Crippen LogP contribution < -0.4 is 5.73 Å². The summed E-state index contributed by atoms with van der Waals surface area (Å²) in [5, 5.41) is 9.16. The number of amides is 1.